The van der Waals surface area contributed by atoms with Crippen molar-refractivity contribution in [1.29, 1.82) is 0 Å². The Morgan fingerprint density at radius 2 is 1.86 bits per heavy atom. The van der Waals surface area contributed by atoms with E-state index in [-0.39, 0.29) is 11.2 Å². The number of hydrogen-bond donors (Lipinski definition) is 0. The van der Waals surface area contributed by atoms with Crippen molar-refractivity contribution in [1.82, 2.24) is 0 Å². The van der Waals surface area contributed by atoms with Crippen molar-refractivity contribution >= 4 is 5.78 Å². The second kappa shape index (κ2) is 6.50. The van der Waals surface area contributed by atoms with Gasteiger partial charge in [-0.15, -0.1) is 0 Å². The van der Waals surface area contributed by atoms with Gasteiger partial charge in [0.2, 0.25) is 0 Å². The predicted octanol–water partition coefficient (Wildman–Crippen LogP) is 4.49. The third-order valence-corrected chi connectivity index (χ3v) is 4.49. The van der Waals surface area contributed by atoms with Crippen LogP contribution in [-0.4, -0.2) is 20.0 Å². The largest absolute Gasteiger partial charge is 0.497 e. The molecular weight excluding hydrogens is 264 g/mol. The molecule has 0 amide bonds. The molecule has 0 unspecified atom stereocenters. The third-order valence-electron chi connectivity index (χ3n) is 4.49. The molecule has 1 aromatic carbocycles. The number of rotatable bonds is 6. The van der Waals surface area contributed by atoms with Gasteiger partial charge in [-0.2, -0.15) is 0 Å². The lowest BCUT2D eigenvalue weighted by atomic mass is 9.73. The fourth-order valence-electron chi connectivity index (χ4n) is 3.63. The van der Waals surface area contributed by atoms with Gasteiger partial charge in [-0.05, 0) is 43.4 Å². The molecule has 1 aliphatic rings. The van der Waals surface area contributed by atoms with Gasteiger partial charge in [0.25, 0.3) is 0 Å². The molecule has 0 radical (unpaired) electrons. The van der Waals surface area contributed by atoms with Gasteiger partial charge >= 0.3 is 0 Å². The summed E-state index contributed by atoms with van der Waals surface area (Å²) in [6.45, 7) is 4.38. The minimum absolute atomic E-state index is 0.214. The smallest absolute Gasteiger partial charge is 0.172 e. The zero-order chi connectivity index (χ0) is 15.5. The van der Waals surface area contributed by atoms with E-state index in [1.54, 1.807) is 14.2 Å². The lowest BCUT2D eigenvalue weighted by Gasteiger charge is -2.30. The number of ketones is 1. The van der Waals surface area contributed by atoms with E-state index < -0.39 is 0 Å². The molecule has 1 fully saturated rings. The van der Waals surface area contributed by atoms with E-state index in [1.165, 1.54) is 0 Å². The molecule has 0 saturated heterocycles. The van der Waals surface area contributed by atoms with Crippen molar-refractivity contribution in [2.24, 2.45) is 11.3 Å². The quantitative estimate of drug-likeness (QED) is 0.724. The molecule has 3 heteroatoms. The van der Waals surface area contributed by atoms with E-state index in [9.17, 15) is 4.79 Å². The number of hydrogen-bond acceptors (Lipinski definition) is 3. The highest BCUT2D eigenvalue weighted by Crippen LogP contribution is 2.47. The molecule has 0 bridgehead atoms. The van der Waals surface area contributed by atoms with Crippen molar-refractivity contribution < 1.29 is 14.3 Å². The van der Waals surface area contributed by atoms with E-state index in [2.05, 4.69) is 13.8 Å². The average Bonchev–Trinajstić information content (AvgIpc) is 2.94. The van der Waals surface area contributed by atoms with Gasteiger partial charge in [-0.3, -0.25) is 4.79 Å². The molecule has 3 nitrogen and oxygen atoms in total. The molecule has 2 rings (SSSR count). The highest BCUT2D eigenvalue weighted by atomic mass is 16.5. The highest BCUT2D eigenvalue weighted by molar-refractivity contribution is 6.03. The van der Waals surface area contributed by atoms with Crippen molar-refractivity contribution in [2.75, 3.05) is 14.2 Å². The van der Waals surface area contributed by atoms with Crippen molar-refractivity contribution in [3.63, 3.8) is 0 Å². The highest BCUT2D eigenvalue weighted by Gasteiger charge is 2.42. The monoisotopic (exact) mass is 290 g/mol. The molecule has 0 heterocycles. The van der Waals surface area contributed by atoms with E-state index >= 15 is 0 Å². The molecule has 0 atom stereocenters. The summed E-state index contributed by atoms with van der Waals surface area (Å²) in [6.07, 6.45) is 5.22. The maximum Gasteiger partial charge on any atom is 0.172 e. The molecule has 1 saturated carbocycles. The molecule has 0 aromatic heterocycles. The lowest BCUT2D eigenvalue weighted by Crippen LogP contribution is -2.30. The van der Waals surface area contributed by atoms with Crippen LogP contribution in [0.5, 0.6) is 11.5 Å². The molecule has 0 N–H and O–H groups in total. The Balaban J connectivity index is 2.41. The van der Waals surface area contributed by atoms with Gasteiger partial charge in [-0.1, -0.05) is 26.7 Å². The fraction of sp³-hybridized carbons (Fsp3) is 0.611. The molecule has 1 aromatic rings. The van der Waals surface area contributed by atoms with Crippen molar-refractivity contribution in [2.45, 2.75) is 46.0 Å². The number of carbonyl (C=O) groups excluding carboxylic acids is 1. The van der Waals surface area contributed by atoms with Crippen LogP contribution in [0.2, 0.25) is 0 Å². The summed E-state index contributed by atoms with van der Waals surface area (Å²) in [5.41, 5.74) is 0.452. The van der Waals surface area contributed by atoms with Gasteiger partial charge in [0.05, 0.1) is 19.8 Å². The van der Waals surface area contributed by atoms with Crippen LogP contribution in [0.15, 0.2) is 18.2 Å². The normalized spacial score (nSPS) is 17.0. The van der Waals surface area contributed by atoms with Crippen LogP contribution < -0.4 is 9.47 Å². The van der Waals surface area contributed by atoms with Gasteiger partial charge in [0.15, 0.2) is 5.78 Å². The number of ether oxygens (including phenoxy) is 2. The maximum absolute atomic E-state index is 13.2. The van der Waals surface area contributed by atoms with Crippen LogP contribution in [0, 0.1) is 11.3 Å². The number of benzene rings is 1. The Morgan fingerprint density at radius 1 is 1.19 bits per heavy atom. The topological polar surface area (TPSA) is 35.5 Å². The summed E-state index contributed by atoms with van der Waals surface area (Å²) in [5, 5.41) is 0. The first-order valence-corrected chi connectivity index (χ1v) is 7.79. The fourth-order valence-corrected chi connectivity index (χ4v) is 3.63. The summed E-state index contributed by atoms with van der Waals surface area (Å²) < 4.78 is 10.7. The summed E-state index contributed by atoms with van der Waals surface area (Å²) >= 11 is 0. The third kappa shape index (κ3) is 3.22. The first kappa shape index (κ1) is 15.9. The molecule has 116 valence electrons. The van der Waals surface area contributed by atoms with Gasteiger partial charge < -0.3 is 9.47 Å². The zero-order valence-corrected chi connectivity index (χ0v) is 13.6. The second-order valence-electron chi connectivity index (χ2n) is 6.48. The zero-order valence-electron chi connectivity index (χ0n) is 13.6. The number of carbonyl (C=O) groups is 1. The molecule has 0 spiro atoms. The summed E-state index contributed by atoms with van der Waals surface area (Å²) in [7, 11) is 3.23. The Kier molecular flexibility index (Phi) is 4.92. The predicted molar refractivity (Wildman–Crippen MR) is 84.2 cm³/mol. The van der Waals surface area contributed by atoms with Crippen LogP contribution in [0.25, 0.3) is 0 Å². The van der Waals surface area contributed by atoms with Crippen molar-refractivity contribution in [3.8, 4) is 11.5 Å². The van der Waals surface area contributed by atoms with Gasteiger partial charge in [-0.25, -0.2) is 0 Å². The summed E-state index contributed by atoms with van der Waals surface area (Å²) in [4.78, 5) is 13.2. The van der Waals surface area contributed by atoms with Gasteiger partial charge in [0, 0.05) is 5.41 Å². The lowest BCUT2D eigenvalue weighted by molar-refractivity contribution is 0.0756. The van der Waals surface area contributed by atoms with E-state index in [1.807, 2.05) is 18.2 Å². The minimum Gasteiger partial charge on any atom is -0.497 e. The Hall–Kier alpha value is -1.51. The minimum atomic E-state index is -0.214. The first-order valence-electron chi connectivity index (χ1n) is 7.79. The SMILES string of the molecule is COc1ccc(OC)c(C(=O)C2(CC(C)C)CCCC2)c1. The number of Topliss-reactive ketones (excluding diaryl/α,β-unsaturated/α-hetero) is 1. The maximum atomic E-state index is 13.2. The average molecular weight is 290 g/mol. The van der Waals surface area contributed by atoms with Crippen LogP contribution in [0.1, 0.15) is 56.3 Å². The standard InChI is InChI=1S/C18H26O3/c1-13(2)12-18(9-5-6-10-18)17(19)15-11-14(20-3)7-8-16(15)21-4/h7-8,11,13H,5-6,9-10,12H2,1-4H3. The van der Waals surface area contributed by atoms with Crippen LogP contribution in [0.4, 0.5) is 0 Å². The molecular formula is C18H26O3. The van der Waals surface area contributed by atoms with E-state index in [4.69, 9.17) is 9.47 Å². The van der Waals surface area contributed by atoms with Crippen LogP contribution >= 0.6 is 0 Å². The van der Waals surface area contributed by atoms with Gasteiger partial charge in [0.1, 0.15) is 11.5 Å². The summed E-state index contributed by atoms with van der Waals surface area (Å²) in [6, 6.07) is 5.48. The second-order valence-corrected chi connectivity index (χ2v) is 6.48. The van der Waals surface area contributed by atoms with E-state index in [0.29, 0.717) is 23.0 Å². The molecule has 0 aliphatic heterocycles. The number of methoxy groups -OCH3 is 2. The molecule has 1 aliphatic carbocycles. The Bertz CT molecular complexity index is 499. The van der Waals surface area contributed by atoms with E-state index in [0.717, 1.165) is 32.1 Å². The van der Waals surface area contributed by atoms with Crippen molar-refractivity contribution in [3.05, 3.63) is 23.8 Å². The Labute approximate surface area is 127 Å². The van der Waals surface area contributed by atoms with Crippen LogP contribution in [0.3, 0.4) is 0 Å². The van der Waals surface area contributed by atoms with Crippen LogP contribution in [-0.2, 0) is 0 Å². The first-order chi connectivity index (χ1) is 10.0. The Morgan fingerprint density at radius 3 is 2.38 bits per heavy atom. The molecule has 21 heavy (non-hydrogen) atoms. The summed E-state index contributed by atoms with van der Waals surface area (Å²) in [5.74, 6) is 2.10.